The highest BCUT2D eigenvalue weighted by atomic mass is 16.5. The lowest BCUT2D eigenvalue weighted by molar-refractivity contribution is -0.122. The maximum atomic E-state index is 11.6. The number of carbonyl (C=O) groups excluding carboxylic acids is 1. The molecule has 1 aliphatic rings. The summed E-state index contributed by atoms with van der Waals surface area (Å²) in [5.41, 5.74) is 5.77. The third kappa shape index (κ3) is 6.00. The molecule has 1 rings (SSSR count). The number of amides is 1. The highest BCUT2D eigenvalue weighted by Crippen LogP contribution is 2.05. The molecule has 0 aromatic rings. The van der Waals surface area contributed by atoms with Crippen molar-refractivity contribution in [2.75, 3.05) is 39.9 Å². The van der Waals surface area contributed by atoms with E-state index in [0.29, 0.717) is 19.6 Å². The minimum atomic E-state index is -0.399. The molecule has 5 heteroatoms. The van der Waals surface area contributed by atoms with Crippen molar-refractivity contribution in [2.24, 2.45) is 5.73 Å². The van der Waals surface area contributed by atoms with Crippen molar-refractivity contribution >= 4 is 5.91 Å². The zero-order valence-electron chi connectivity index (χ0n) is 10.8. The van der Waals surface area contributed by atoms with Crippen LogP contribution >= 0.6 is 0 Å². The molecule has 3 N–H and O–H groups in total. The molecule has 1 fully saturated rings. The molecule has 17 heavy (non-hydrogen) atoms. The Balaban J connectivity index is 2.02. The molecular weight excluding hydrogens is 218 g/mol. The molecule has 0 spiro atoms. The van der Waals surface area contributed by atoms with Gasteiger partial charge in [-0.2, -0.15) is 0 Å². The second-order valence-corrected chi connectivity index (χ2v) is 4.58. The summed E-state index contributed by atoms with van der Waals surface area (Å²) in [4.78, 5) is 14.0. The van der Waals surface area contributed by atoms with Crippen molar-refractivity contribution in [3.63, 3.8) is 0 Å². The van der Waals surface area contributed by atoms with Crippen LogP contribution in [-0.2, 0) is 9.53 Å². The summed E-state index contributed by atoms with van der Waals surface area (Å²) >= 11 is 0. The van der Waals surface area contributed by atoms with Crippen molar-refractivity contribution < 1.29 is 9.53 Å². The first-order valence-corrected chi connectivity index (χ1v) is 6.48. The standard InChI is InChI=1S/C12H25N3O2/c1-17-10-4-5-11(13)12(16)14-6-9-15-7-2-3-8-15/h11H,2-10,13H2,1H3,(H,14,16). The maximum absolute atomic E-state index is 11.6. The Morgan fingerprint density at radius 3 is 2.82 bits per heavy atom. The summed E-state index contributed by atoms with van der Waals surface area (Å²) in [6, 6.07) is -0.399. The van der Waals surface area contributed by atoms with E-state index in [1.807, 2.05) is 0 Å². The van der Waals surface area contributed by atoms with E-state index in [0.717, 1.165) is 26.1 Å². The number of hydrogen-bond acceptors (Lipinski definition) is 4. The number of nitrogens with two attached hydrogens (primary N) is 1. The fraction of sp³-hybridized carbons (Fsp3) is 0.917. The van der Waals surface area contributed by atoms with Gasteiger partial charge in [0.2, 0.25) is 5.91 Å². The van der Waals surface area contributed by atoms with E-state index < -0.39 is 6.04 Å². The lowest BCUT2D eigenvalue weighted by Gasteiger charge is -2.16. The molecule has 1 amide bonds. The van der Waals surface area contributed by atoms with Crippen LogP contribution in [0.2, 0.25) is 0 Å². The topological polar surface area (TPSA) is 67.6 Å². The molecule has 0 radical (unpaired) electrons. The van der Waals surface area contributed by atoms with Gasteiger partial charge in [-0.15, -0.1) is 0 Å². The van der Waals surface area contributed by atoms with Crippen molar-refractivity contribution in [1.82, 2.24) is 10.2 Å². The Morgan fingerprint density at radius 1 is 1.47 bits per heavy atom. The number of ether oxygens (including phenoxy) is 1. The van der Waals surface area contributed by atoms with Gasteiger partial charge in [0.15, 0.2) is 0 Å². The largest absolute Gasteiger partial charge is 0.385 e. The maximum Gasteiger partial charge on any atom is 0.236 e. The fourth-order valence-electron chi connectivity index (χ4n) is 2.05. The summed E-state index contributed by atoms with van der Waals surface area (Å²) in [5, 5.41) is 2.89. The van der Waals surface area contributed by atoms with Crippen molar-refractivity contribution in [1.29, 1.82) is 0 Å². The van der Waals surface area contributed by atoms with E-state index >= 15 is 0 Å². The van der Waals surface area contributed by atoms with Crippen LogP contribution in [0, 0.1) is 0 Å². The number of nitrogens with zero attached hydrogens (tertiary/aromatic N) is 1. The molecule has 0 saturated carbocycles. The third-order valence-electron chi connectivity index (χ3n) is 3.13. The lowest BCUT2D eigenvalue weighted by atomic mass is 10.1. The van der Waals surface area contributed by atoms with Crippen LogP contribution in [0.4, 0.5) is 0 Å². The van der Waals surface area contributed by atoms with Gasteiger partial charge in [0.1, 0.15) is 0 Å². The monoisotopic (exact) mass is 243 g/mol. The quantitative estimate of drug-likeness (QED) is 0.587. The summed E-state index contributed by atoms with van der Waals surface area (Å²) in [6.07, 6.45) is 4.08. The Kier molecular flexibility index (Phi) is 7.16. The number of hydrogen-bond donors (Lipinski definition) is 2. The van der Waals surface area contributed by atoms with Crippen LogP contribution in [0.1, 0.15) is 25.7 Å². The summed E-state index contributed by atoms with van der Waals surface area (Å²) in [6.45, 7) is 4.63. The molecule has 0 aliphatic carbocycles. The second kappa shape index (κ2) is 8.44. The van der Waals surface area contributed by atoms with Gasteiger partial charge in [-0.25, -0.2) is 0 Å². The van der Waals surface area contributed by atoms with E-state index in [-0.39, 0.29) is 5.91 Å². The Labute approximate surface area is 104 Å². The first-order valence-electron chi connectivity index (χ1n) is 6.48. The van der Waals surface area contributed by atoms with E-state index in [4.69, 9.17) is 10.5 Å². The molecule has 1 aliphatic heterocycles. The molecule has 0 aromatic heterocycles. The Hall–Kier alpha value is -0.650. The average molecular weight is 243 g/mol. The fourth-order valence-corrected chi connectivity index (χ4v) is 2.05. The van der Waals surface area contributed by atoms with E-state index in [1.165, 1.54) is 12.8 Å². The molecule has 0 aromatic carbocycles. The lowest BCUT2D eigenvalue weighted by Crippen LogP contribution is -2.43. The first-order chi connectivity index (χ1) is 8.24. The van der Waals surface area contributed by atoms with Gasteiger partial charge in [0, 0.05) is 26.8 Å². The summed E-state index contributed by atoms with van der Waals surface area (Å²) in [7, 11) is 1.65. The number of likely N-dealkylation sites (tertiary alicyclic amines) is 1. The van der Waals surface area contributed by atoms with E-state index in [1.54, 1.807) is 7.11 Å². The summed E-state index contributed by atoms with van der Waals surface area (Å²) in [5.74, 6) is -0.0414. The Morgan fingerprint density at radius 2 is 2.18 bits per heavy atom. The normalized spacial score (nSPS) is 18.2. The molecular formula is C12H25N3O2. The predicted octanol–water partition coefficient (Wildman–Crippen LogP) is -0.0477. The average Bonchev–Trinajstić information content (AvgIpc) is 2.82. The van der Waals surface area contributed by atoms with Gasteiger partial charge < -0.3 is 20.7 Å². The molecule has 0 bridgehead atoms. The molecule has 1 saturated heterocycles. The SMILES string of the molecule is COCCCC(N)C(=O)NCCN1CCCC1. The van der Waals surface area contributed by atoms with Gasteiger partial charge >= 0.3 is 0 Å². The zero-order valence-corrected chi connectivity index (χ0v) is 10.8. The van der Waals surface area contributed by atoms with Crippen molar-refractivity contribution in [3.8, 4) is 0 Å². The molecule has 1 heterocycles. The van der Waals surface area contributed by atoms with E-state index in [9.17, 15) is 4.79 Å². The van der Waals surface area contributed by atoms with Crippen LogP contribution in [0.3, 0.4) is 0 Å². The minimum Gasteiger partial charge on any atom is -0.385 e. The molecule has 1 atom stereocenters. The zero-order chi connectivity index (χ0) is 12.5. The minimum absolute atomic E-state index is 0.0414. The number of nitrogens with one attached hydrogen (secondary N) is 1. The van der Waals surface area contributed by atoms with E-state index in [2.05, 4.69) is 10.2 Å². The smallest absolute Gasteiger partial charge is 0.236 e. The number of rotatable bonds is 8. The van der Waals surface area contributed by atoms with Gasteiger partial charge in [-0.05, 0) is 38.8 Å². The second-order valence-electron chi connectivity index (χ2n) is 4.58. The highest BCUT2D eigenvalue weighted by molar-refractivity contribution is 5.81. The van der Waals surface area contributed by atoms with Crippen LogP contribution < -0.4 is 11.1 Å². The van der Waals surface area contributed by atoms with Crippen molar-refractivity contribution in [3.05, 3.63) is 0 Å². The summed E-state index contributed by atoms with van der Waals surface area (Å²) < 4.78 is 4.93. The van der Waals surface area contributed by atoms with Gasteiger partial charge in [0.05, 0.1) is 6.04 Å². The molecule has 5 nitrogen and oxygen atoms in total. The molecule has 100 valence electrons. The number of carbonyl (C=O) groups is 1. The van der Waals surface area contributed by atoms with Crippen molar-refractivity contribution in [2.45, 2.75) is 31.7 Å². The third-order valence-corrected chi connectivity index (χ3v) is 3.13. The van der Waals surface area contributed by atoms with Crippen LogP contribution in [0.5, 0.6) is 0 Å². The van der Waals surface area contributed by atoms with Crippen LogP contribution in [-0.4, -0.2) is 56.7 Å². The van der Waals surface area contributed by atoms with Crippen LogP contribution in [0.25, 0.3) is 0 Å². The Bertz CT molecular complexity index is 218. The number of methoxy groups -OCH3 is 1. The molecule has 1 unspecified atom stereocenters. The predicted molar refractivity (Wildman–Crippen MR) is 67.8 cm³/mol. The first kappa shape index (κ1) is 14.4. The van der Waals surface area contributed by atoms with Gasteiger partial charge in [-0.3, -0.25) is 4.79 Å². The highest BCUT2D eigenvalue weighted by Gasteiger charge is 2.14. The van der Waals surface area contributed by atoms with Crippen LogP contribution in [0.15, 0.2) is 0 Å². The van der Waals surface area contributed by atoms with Gasteiger partial charge in [0.25, 0.3) is 0 Å². The van der Waals surface area contributed by atoms with Gasteiger partial charge in [-0.1, -0.05) is 0 Å².